The van der Waals surface area contributed by atoms with Crippen molar-refractivity contribution in [3.05, 3.63) is 29.9 Å². The van der Waals surface area contributed by atoms with Gasteiger partial charge in [0.15, 0.2) is 0 Å². The number of hydrogen-bond donors (Lipinski definition) is 0. The molecular formula is C17H22N4O. The number of pyridine rings is 1. The van der Waals surface area contributed by atoms with Crippen LogP contribution in [0.1, 0.15) is 38.2 Å². The van der Waals surface area contributed by atoms with Crippen molar-refractivity contribution in [3.8, 4) is 5.88 Å². The zero-order valence-electron chi connectivity index (χ0n) is 13.6. The Morgan fingerprint density at radius 2 is 2.14 bits per heavy atom. The van der Waals surface area contributed by atoms with Crippen LogP contribution in [0.15, 0.2) is 18.3 Å². The molecule has 5 nitrogen and oxygen atoms in total. The molecule has 2 aromatic heterocycles. The highest BCUT2D eigenvalue weighted by molar-refractivity contribution is 5.95. The molecule has 0 radical (unpaired) electrons. The van der Waals surface area contributed by atoms with Gasteiger partial charge in [0.2, 0.25) is 5.88 Å². The molecule has 3 heterocycles. The maximum Gasteiger partial charge on any atom is 0.227 e. The van der Waals surface area contributed by atoms with E-state index in [-0.39, 0.29) is 6.04 Å². The number of hydrogen-bond acceptors (Lipinski definition) is 5. The van der Waals surface area contributed by atoms with Crippen molar-refractivity contribution in [2.75, 3.05) is 11.5 Å². The molecule has 0 saturated heterocycles. The van der Waals surface area contributed by atoms with E-state index in [1.165, 1.54) is 0 Å². The first kappa shape index (κ1) is 14.8. The predicted octanol–water partition coefficient (Wildman–Crippen LogP) is 3.54. The Kier molecular flexibility index (Phi) is 3.96. The lowest BCUT2D eigenvalue weighted by molar-refractivity contribution is 0.277. The van der Waals surface area contributed by atoms with Gasteiger partial charge < -0.3 is 9.64 Å². The lowest BCUT2D eigenvalue weighted by Crippen LogP contribution is -2.35. The van der Waals surface area contributed by atoms with E-state index < -0.39 is 0 Å². The van der Waals surface area contributed by atoms with Crippen LogP contribution in [0.4, 0.5) is 5.82 Å². The molecule has 0 fully saturated rings. The third-order valence-electron chi connectivity index (χ3n) is 3.85. The summed E-state index contributed by atoms with van der Waals surface area (Å²) in [5.41, 5.74) is 1.81. The van der Waals surface area contributed by atoms with Gasteiger partial charge in [0, 0.05) is 11.9 Å². The molecule has 0 N–H and O–H groups in total. The number of ether oxygens (including phenoxy) is 1. The second-order valence-electron chi connectivity index (χ2n) is 5.70. The number of nitrogens with zero attached hydrogens (tertiary/aromatic N) is 4. The minimum absolute atomic E-state index is 0.258. The zero-order chi connectivity index (χ0) is 15.7. The molecule has 1 atom stereocenters. The van der Waals surface area contributed by atoms with Gasteiger partial charge in [-0.3, -0.25) is 0 Å². The Balaban J connectivity index is 2.28. The highest BCUT2D eigenvalue weighted by atomic mass is 16.5. The van der Waals surface area contributed by atoms with E-state index in [0.717, 1.165) is 41.1 Å². The largest absolute Gasteiger partial charge is 0.475 e. The lowest BCUT2D eigenvalue weighted by Gasteiger charge is -2.27. The van der Waals surface area contributed by atoms with Crippen molar-refractivity contribution >= 4 is 16.7 Å². The third kappa shape index (κ3) is 2.51. The minimum atomic E-state index is 0.258. The summed E-state index contributed by atoms with van der Waals surface area (Å²) in [4.78, 5) is 16.0. The summed E-state index contributed by atoms with van der Waals surface area (Å²) in [6, 6.07) is 2.25. The molecule has 0 aromatic carbocycles. The van der Waals surface area contributed by atoms with Crippen LogP contribution in [0, 0.1) is 13.8 Å². The Morgan fingerprint density at radius 1 is 1.32 bits per heavy atom. The summed E-state index contributed by atoms with van der Waals surface area (Å²) in [6.45, 7) is 8.72. The standard InChI is InChI=1S/C17H22N4O/c1-5-7-13-10-22-17-15-14(9-11(3)18-17)19-12(4)20-16(15)21(13)8-6-2/h6,8-9,13H,5,7,10H2,1-4H3/b8-6-. The average Bonchev–Trinajstić information content (AvgIpc) is 2.60. The molecule has 116 valence electrons. The van der Waals surface area contributed by atoms with Crippen LogP contribution in [0.2, 0.25) is 0 Å². The quantitative estimate of drug-likeness (QED) is 0.867. The average molecular weight is 298 g/mol. The zero-order valence-corrected chi connectivity index (χ0v) is 13.6. The smallest absolute Gasteiger partial charge is 0.227 e. The van der Waals surface area contributed by atoms with Gasteiger partial charge in [0.25, 0.3) is 0 Å². The fourth-order valence-electron chi connectivity index (χ4n) is 2.96. The molecule has 0 spiro atoms. The number of aromatic nitrogens is 3. The second-order valence-corrected chi connectivity index (χ2v) is 5.70. The molecule has 1 aliphatic rings. The molecule has 5 heteroatoms. The second kappa shape index (κ2) is 5.91. The maximum atomic E-state index is 6.02. The molecule has 1 unspecified atom stereocenters. The van der Waals surface area contributed by atoms with Crippen molar-refractivity contribution in [1.29, 1.82) is 0 Å². The van der Waals surface area contributed by atoms with Crippen LogP contribution in [0.5, 0.6) is 5.88 Å². The highest BCUT2D eigenvalue weighted by Crippen LogP contribution is 2.36. The van der Waals surface area contributed by atoms with Crippen LogP contribution < -0.4 is 9.64 Å². The molecule has 3 rings (SSSR count). The van der Waals surface area contributed by atoms with Gasteiger partial charge in [-0.1, -0.05) is 19.4 Å². The number of aryl methyl sites for hydroxylation is 2. The van der Waals surface area contributed by atoms with Crippen molar-refractivity contribution in [2.24, 2.45) is 0 Å². The highest BCUT2D eigenvalue weighted by Gasteiger charge is 2.27. The van der Waals surface area contributed by atoms with Gasteiger partial charge in [-0.25, -0.2) is 15.0 Å². The number of rotatable bonds is 3. The monoisotopic (exact) mass is 298 g/mol. The van der Waals surface area contributed by atoms with E-state index in [9.17, 15) is 0 Å². The maximum absolute atomic E-state index is 6.02. The van der Waals surface area contributed by atoms with Gasteiger partial charge in [-0.15, -0.1) is 0 Å². The van der Waals surface area contributed by atoms with Gasteiger partial charge in [0.05, 0.1) is 11.6 Å². The van der Waals surface area contributed by atoms with Crippen LogP contribution >= 0.6 is 0 Å². The Labute approximate surface area is 131 Å². The molecule has 0 bridgehead atoms. The molecule has 0 saturated carbocycles. The Bertz CT molecular complexity index is 721. The molecule has 0 amide bonds. The van der Waals surface area contributed by atoms with Gasteiger partial charge in [-0.05, 0) is 33.3 Å². The summed E-state index contributed by atoms with van der Waals surface area (Å²) < 4.78 is 6.02. The third-order valence-corrected chi connectivity index (χ3v) is 3.85. The first-order valence-electron chi connectivity index (χ1n) is 7.84. The molecular weight excluding hydrogens is 276 g/mol. The van der Waals surface area contributed by atoms with Gasteiger partial charge >= 0.3 is 0 Å². The summed E-state index contributed by atoms with van der Waals surface area (Å²) in [6.07, 6.45) is 6.26. The van der Waals surface area contributed by atoms with E-state index in [4.69, 9.17) is 9.72 Å². The van der Waals surface area contributed by atoms with E-state index in [2.05, 4.69) is 28.0 Å². The molecule has 0 aliphatic carbocycles. The fraction of sp³-hybridized carbons (Fsp3) is 0.471. The molecule has 1 aliphatic heterocycles. The van der Waals surface area contributed by atoms with Crippen molar-refractivity contribution in [2.45, 2.75) is 46.6 Å². The number of anilines is 1. The van der Waals surface area contributed by atoms with Gasteiger partial charge in [0.1, 0.15) is 23.6 Å². The molecule has 22 heavy (non-hydrogen) atoms. The minimum Gasteiger partial charge on any atom is -0.475 e. The normalized spacial score (nSPS) is 17.8. The fourth-order valence-corrected chi connectivity index (χ4v) is 2.96. The Hall–Kier alpha value is -2.17. The van der Waals surface area contributed by atoms with E-state index in [1.807, 2.05) is 32.9 Å². The van der Waals surface area contributed by atoms with Crippen molar-refractivity contribution in [1.82, 2.24) is 15.0 Å². The topological polar surface area (TPSA) is 51.1 Å². The summed E-state index contributed by atoms with van der Waals surface area (Å²) in [5, 5.41) is 0.910. The van der Waals surface area contributed by atoms with Crippen molar-refractivity contribution in [3.63, 3.8) is 0 Å². The SMILES string of the molecule is C/C=C\N1c2nc(C)nc3cc(C)nc(c23)OCC1CCC. The molecule has 2 aromatic rings. The first-order valence-corrected chi connectivity index (χ1v) is 7.84. The number of allylic oxidation sites excluding steroid dienone is 1. The summed E-state index contributed by atoms with van der Waals surface area (Å²) in [5.74, 6) is 2.32. The van der Waals surface area contributed by atoms with Crippen LogP contribution in [-0.2, 0) is 0 Å². The lowest BCUT2D eigenvalue weighted by atomic mass is 10.1. The Morgan fingerprint density at radius 3 is 2.86 bits per heavy atom. The summed E-state index contributed by atoms with van der Waals surface area (Å²) >= 11 is 0. The predicted molar refractivity (Wildman–Crippen MR) is 88.3 cm³/mol. The van der Waals surface area contributed by atoms with Gasteiger partial charge in [-0.2, -0.15) is 0 Å². The van der Waals surface area contributed by atoms with E-state index >= 15 is 0 Å². The van der Waals surface area contributed by atoms with Crippen LogP contribution in [-0.4, -0.2) is 27.6 Å². The van der Waals surface area contributed by atoms with Crippen LogP contribution in [0.25, 0.3) is 10.9 Å². The first-order chi connectivity index (χ1) is 10.6. The van der Waals surface area contributed by atoms with E-state index in [1.54, 1.807) is 0 Å². The summed E-state index contributed by atoms with van der Waals surface area (Å²) in [7, 11) is 0. The van der Waals surface area contributed by atoms with Crippen molar-refractivity contribution < 1.29 is 4.74 Å². The van der Waals surface area contributed by atoms with E-state index in [0.29, 0.717) is 12.5 Å². The van der Waals surface area contributed by atoms with Crippen LogP contribution in [0.3, 0.4) is 0 Å².